The summed E-state index contributed by atoms with van der Waals surface area (Å²) in [5.74, 6) is -1.68. The standard InChI is InChI=1S/C13H9F2N3/c14-10-4-3-9(6-11(10)15)7-18-8-17-12-2-1-5-16-13(12)18/h1-6,8H,7H2. The van der Waals surface area contributed by atoms with Crippen molar-refractivity contribution in [2.75, 3.05) is 0 Å². The Morgan fingerprint density at radius 1 is 1.06 bits per heavy atom. The number of nitrogens with zero attached hydrogens (tertiary/aromatic N) is 3. The Balaban J connectivity index is 1.98. The predicted octanol–water partition coefficient (Wildman–Crippen LogP) is 2.76. The second kappa shape index (κ2) is 4.18. The third-order valence-electron chi connectivity index (χ3n) is 2.71. The Labute approximate surface area is 102 Å². The quantitative estimate of drug-likeness (QED) is 0.695. The number of rotatable bonds is 2. The van der Waals surface area contributed by atoms with Crippen molar-refractivity contribution in [1.82, 2.24) is 14.5 Å². The van der Waals surface area contributed by atoms with Crippen LogP contribution in [-0.4, -0.2) is 14.5 Å². The van der Waals surface area contributed by atoms with Gasteiger partial charge in [0.2, 0.25) is 0 Å². The van der Waals surface area contributed by atoms with Gasteiger partial charge in [-0.1, -0.05) is 6.07 Å². The van der Waals surface area contributed by atoms with Gasteiger partial charge in [-0.25, -0.2) is 18.7 Å². The number of aromatic nitrogens is 3. The maximum atomic E-state index is 13.1. The Morgan fingerprint density at radius 2 is 1.94 bits per heavy atom. The van der Waals surface area contributed by atoms with Gasteiger partial charge in [0.05, 0.1) is 12.9 Å². The van der Waals surface area contributed by atoms with Crippen molar-refractivity contribution in [3.05, 3.63) is 60.1 Å². The van der Waals surface area contributed by atoms with Crippen LogP contribution < -0.4 is 0 Å². The zero-order valence-corrected chi connectivity index (χ0v) is 9.35. The Morgan fingerprint density at radius 3 is 2.78 bits per heavy atom. The van der Waals surface area contributed by atoms with Crippen LogP contribution in [0, 0.1) is 11.6 Å². The molecular weight excluding hydrogens is 236 g/mol. The second-order valence-electron chi connectivity index (χ2n) is 3.97. The summed E-state index contributed by atoms with van der Waals surface area (Å²) in [6.07, 6.45) is 3.31. The fourth-order valence-electron chi connectivity index (χ4n) is 1.85. The van der Waals surface area contributed by atoms with Crippen molar-refractivity contribution >= 4 is 11.2 Å². The Kier molecular flexibility index (Phi) is 2.51. The molecule has 0 atom stereocenters. The van der Waals surface area contributed by atoms with Crippen molar-refractivity contribution in [3.63, 3.8) is 0 Å². The zero-order chi connectivity index (χ0) is 12.5. The molecule has 0 aliphatic carbocycles. The number of halogens is 2. The summed E-state index contributed by atoms with van der Waals surface area (Å²) in [5, 5.41) is 0. The second-order valence-corrected chi connectivity index (χ2v) is 3.97. The molecule has 0 saturated carbocycles. The number of hydrogen-bond donors (Lipinski definition) is 0. The molecule has 0 bridgehead atoms. The van der Waals surface area contributed by atoms with Crippen LogP contribution in [0.2, 0.25) is 0 Å². The lowest BCUT2D eigenvalue weighted by atomic mass is 10.2. The van der Waals surface area contributed by atoms with Crippen LogP contribution in [0.3, 0.4) is 0 Å². The molecule has 0 aliphatic rings. The summed E-state index contributed by atoms with van der Waals surface area (Å²) in [5.41, 5.74) is 2.17. The predicted molar refractivity (Wildman–Crippen MR) is 63.0 cm³/mol. The maximum Gasteiger partial charge on any atom is 0.160 e. The molecule has 3 rings (SSSR count). The first-order valence-electron chi connectivity index (χ1n) is 5.44. The van der Waals surface area contributed by atoms with Crippen LogP contribution >= 0.6 is 0 Å². The topological polar surface area (TPSA) is 30.7 Å². The normalized spacial score (nSPS) is 11.0. The van der Waals surface area contributed by atoms with E-state index in [4.69, 9.17) is 0 Å². The summed E-state index contributed by atoms with van der Waals surface area (Å²) in [4.78, 5) is 8.40. The molecule has 18 heavy (non-hydrogen) atoms. The first-order valence-corrected chi connectivity index (χ1v) is 5.44. The van der Waals surface area contributed by atoms with Crippen molar-refractivity contribution in [1.29, 1.82) is 0 Å². The Hall–Kier alpha value is -2.30. The van der Waals surface area contributed by atoms with E-state index in [0.717, 1.165) is 17.2 Å². The van der Waals surface area contributed by atoms with Gasteiger partial charge in [0, 0.05) is 6.20 Å². The first kappa shape index (κ1) is 10.8. The summed E-state index contributed by atoms with van der Waals surface area (Å²) in [6, 6.07) is 7.51. The van der Waals surface area contributed by atoms with Crippen LogP contribution in [0.25, 0.3) is 11.2 Å². The average Bonchev–Trinajstić information content (AvgIpc) is 2.78. The van der Waals surface area contributed by atoms with Gasteiger partial charge in [-0.2, -0.15) is 0 Å². The molecule has 0 radical (unpaired) electrons. The van der Waals surface area contributed by atoms with E-state index in [-0.39, 0.29) is 0 Å². The van der Waals surface area contributed by atoms with Gasteiger partial charge in [0.25, 0.3) is 0 Å². The van der Waals surface area contributed by atoms with Gasteiger partial charge < -0.3 is 4.57 Å². The van der Waals surface area contributed by atoms with Gasteiger partial charge in [0.15, 0.2) is 17.3 Å². The van der Waals surface area contributed by atoms with Crippen molar-refractivity contribution in [2.45, 2.75) is 6.54 Å². The number of fused-ring (bicyclic) bond motifs is 1. The van der Waals surface area contributed by atoms with Crippen LogP contribution in [0.5, 0.6) is 0 Å². The third kappa shape index (κ3) is 1.84. The number of benzene rings is 1. The first-order chi connectivity index (χ1) is 8.74. The van der Waals surface area contributed by atoms with Crippen LogP contribution in [0.15, 0.2) is 42.9 Å². The molecule has 0 saturated heterocycles. The highest BCUT2D eigenvalue weighted by Crippen LogP contribution is 2.13. The number of pyridine rings is 1. The van der Waals surface area contributed by atoms with Gasteiger partial charge in [0.1, 0.15) is 5.52 Å². The lowest BCUT2D eigenvalue weighted by Gasteiger charge is -2.04. The monoisotopic (exact) mass is 245 g/mol. The average molecular weight is 245 g/mol. The number of imidazole rings is 1. The summed E-state index contributed by atoms with van der Waals surface area (Å²) in [7, 11) is 0. The van der Waals surface area contributed by atoms with E-state index >= 15 is 0 Å². The largest absolute Gasteiger partial charge is 0.311 e. The minimum atomic E-state index is -0.843. The summed E-state index contributed by atoms with van der Waals surface area (Å²) >= 11 is 0. The van der Waals surface area contributed by atoms with Gasteiger partial charge in [-0.15, -0.1) is 0 Å². The molecule has 0 spiro atoms. The van der Waals surface area contributed by atoms with Crippen molar-refractivity contribution in [2.24, 2.45) is 0 Å². The van der Waals surface area contributed by atoms with E-state index in [2.05, 4.69) is 9.97 Å². The van der Waals surface area contributed by atoms with E-state index < -0.39 is 11.6 Å². The zero-order valence-electron chi connectivity index (χ0n) is 9.35. The lowest BCUT2D eigenvalue weighted by molar-refractivity contribution is 0.506. The van der Waals surface area contributed by atoms with E-state index in [1.54, 1.807) is 29.2 Å². The summed E-state index contributed by atoms with van der Waals surface area (Å²) < 4.78 is 27.7. The van der Waals surface area contributed by atoms with E-state index in [1.165, 1.54) is 6.07 Å². The molecule has 5 heteroatoms. The van der Waals surface area contributed by atoms with Crippen LogP contribution in [0.4, 0.5) is 8.78 Å². The van der Waals surface area contributed by atoms with Crippen molar-refractivity contribution in [3.8, 4) is 0 Å². The molecule has 3 aromatic rings. The van der Waals surface area contributed by atoms with Gasteiger partial charge >= 0.3 is 0 Å². The van der Waals surface area contributed by atoms with Gasteiger partial charge in [-0.05, 0) is 29.8 Å². The molecule has 1 aromatic carbocycles. The molecule has 3 nitrogen and oxygen atoms in total. The molecule has 0 unspecified atom stereocenters. The van der Waals surface area contributed by atoms with E-state index in [1.807, 2.05) is 6.07 Å². The fraction of sp³-hybridized carbons (Fsp3) is 0.0769. The van der Waals surface area contributed by atoms with E-state index in [0.29, 0.717) is 12.1 Å². The highest BCUT2D eigenvalue weighted by atomic mass is 19.2. The molecule has 0 fully saturated rings. The minimum absolute atomic E-state index is 0.407. The Bertz CT molecular complexity index is 706. The SMILES string of the molecule is Fc1ccc(Cn2cnc3cccnc32)cc1F. The highest BCUT2D eigenvalue weighted by Gasteiger charge is 2.06. The van der Waals surface area contributed by atoms with Crippen LogP contribution in [0.1, 0.15) is 5.56 Å². The number of hydrogen-bond acceptors (Lipinski definition) is 2. The third-order valence-corrected chi connectivity index (χ3v) is 2.71. The highest BCUT2D eigenvalue weighted by molar-refractivity contribution is 5.70. The maximum absolute atomic E-state index is 13.1. The molecule has 2 heterocycles. The summed E-state index contributed by atoms with van der Waals surface area (Å²) in [6.45, 7) is 0.407. The van der Waals surface area contributed by atoms with Crippen molar-refractivity contribution < 1.29 is 8.78 Å². The smallest absolute Gasteiger partial charge is 0.160 e. The lowest BCUT2D eigenvalue weighted by Crippen LogP contribution is -2.00. The minimum Gasteiger partial charge on any atom is -0.311 e. The molecule has 90 valence electrons. The molecule has 0 aliphatic heterocycles. The van der Waals surface area contributed by atoms with Crippen LogP contribution in [-0.2, 0) is 6.54 Å². The molecule has 2 aromatic heterocycles. The molecule has 0 N–H and O–H groups in total. The molecule has 0 amide bonds. The van der Waals surface area contributed by atoms with Gasteiger partial charge in [-0.3, -0.25) is 0 Å². The van der Waals surface area contributed by atoms with E-state index in [9.17, 15) is 8.78 Å². The molecular formula is C13H9F2N3. The fourth-order valence-corrected chi connectivity index (χ4v) is 1.85.